The van der Waals surface area contributed by atoms with Gasteiger partial charge in [0.05, 0.1) is 0 Å². The molecule has 1 nitrogen and oxygen atoms in total. The van der Waals surface area contributed by atoms with Gasteiger partial charge in [0.15, 0.2) is 0 Å². The Labute approximate surface area is 75.7 Å². The molecule has 0 radical (unpaired) electrons. The molecule has 0 amide bonds. The van der Waals surface area contributed by atoms with Crippen LogP contribution in [0.4, 0.5) is 0 Å². The second-order valence-corrected chi connectivity index (χ2v) is 3.13. The van der Waals surface area contributed by atoms with Gasteiger partial charge in [-0.15, -0.1) is 12.4 Å². The Morgan fingerprint density at radius 1 is 1.36 bits per heavy atom. The van der Waals surface area contributed by atoms with E-state index >= 15 is 0 Å². The summed E-state index contributed by atoms with van der Waals surface area (Å²) >= 11 is 0. The van der Waals surface area contributed by atoms with Crippen LogP contribution >= 0.6 is 12.4 Å². The van der Waals surface area contributed by atoms with Gasteiger partial charge >= 0.3 is 0 Å². The van der Waals surface area contributed by atoms with Crippen LogP contribution in [0, 0.1) is 0 Å². The molecule has 0 aromatic carbocycles. The first-order valence-corrected chi connectivity index (χ1v) is 4.22. The van der Waals surface area contributed by atoms with Crippen LogP contribution < -0.4 is 5.32 Å². The Morgan fingerprint density at radius 2 is 2.09 bits per heavy atom. The summed E-state index contributed by atoms with van der Waals surface area (Å²) in [7, 11) is 0. The molecule has 2 heteroatoms. The number of hydrogen-bond donors (Lipinski definition) is 1. The van der Waals surface area contributed by atoms with E-state index in [4.69, 9.17) is 0 Å². The fraction of sp³-hybridized carbons (Fsp3) is 0.778. The van der Waals surface area contributed by atoms with Gasteiger partial charge in [-0.25, -0.2) is 0 Å². The molecule has 2 atom stereocenters. The first-order valence-electron chi connectivity index (χ1n) is 4.22. The first kappa shape index (κ1) is 11.0. The van der Waals surface area contributed by atoms with Crippen molar-refractivity contribution in [3.05, 3.63) is 12.2 Å². The SMILES string of the molecule is CC=C[C@@H]1CCCC(C)N1.Cl. The van der Waals surface area contributed by atoms with Gasteiger partial charge in [0.1, 0.15) is 0 Å². The van der Waals surface area contributed by atoms with Crippen molar-refractivity contribution < 1.29 is 0 Å². The van der Waals surface area contributed by atoms with Gasteiger partial charge in [0.25, 0.3) is 0 Å². The highest BCUT2D eigenvalue weighted by atomic mass is 35.5. The fourth-order valence-electron chi connectivity index (χ4n) is 1.56. The Balaban J connectivity index is 0.000001000. The van der Waals surface area contributed by atoms with Crippen molar-refractivity contribution in [1.82, 2.24) is 5.32 Å². The molecule has 1 heterocycles. The second kappa shape index (κ2) is 5.62. The van der Waals surface area contributed by atoms with Gasteiger partial charge in [0, 0.05) is 12.1 Å². The maximum absolute atomic E-state index is 3.53. The highest BCUT2D eigenvalue weighted by Crippen LogP contribution is 2.12. The van der Waals surface area contributed by atoms with Gasteiger partial charge in [-0.05, 0) is 26.7 Å². The molecule has 1 N–H and O–H groups in total. The van der Waals surface area contributed by atoms with Crippen molar-refractivity contribution in [2.45, 2.75) is 45.2 Å². The number of allylic oxidation sites excluding steroid dienone is 1. The van der Waals surface area contributed by atoms with Crippen LogP contribution in [0.15, 0.2) is 12.2 Å². The molecule has 0 bridgehead atoms. The Morgan fingerprint density at radius 3 is 2.64 bits per heavy atom. The predicted octanol–water partition coefficient (Wildman–Crippen LogP) is 2.51. The lowest BCUT2D eigenvalue weighted by Gasteiger charge is -2.26. The summed E-state index contributed by atoms with van der Waals surface area (Å²) in [5.74, 6) is 0. The van der Waals surface area contributed by atoms with E-state index < -0.39 is 0 Å². The van der Waals surface area contributed by atoms with Gasteiger partial charge in [0.2, 0.25) is 0 Å². The van der Waals surface area contributed by atoms with E-state index in [2.05, 4.69) is 31.3 Å². The lowest BCUT2D eigenvalue weighted by Crippen LogP contribution is -2.39. The Kier molecular flexibility index (Phi) is 5.61. The molecule has 0 aliphatic carbocycles. The molecular weight excluding hydrogens is 158 g/mol. The highest BCUT2D eigenvalue weighted by Gasteiger charge is 2.13. The third-order valence-electron chi connectivity index (χ3n) is 2.08. The zero-order valence-electron chi connectivity index (χ0n) is 7.34. The zero-order chi connectivity index (χ0) is 7.40. The zero-order valence-corrected chi connectivity index (χ0v) is 8.16. The van der Waals surface area contributed by atoms with E-state index in [0.29, 0.717) is 6.04 Å². The molecule has 11 heavy (non-hydrogen) atoms. The topological polar surface area (TPSA) is 12.0 Å². The first-order chi connectivity index (χ1) is 4.83. The molecule has 1 unspecified atom stereocenters. The summed E-state index contributed by atoms with van der Waals surface area (Å²) in [5.41, 5.74) is 0. The highest BCUT2D eigenvalue weighted by molar-refractivity contribution is 5.85. The lowest BCUT2D eigenvalue weighted by atomic mass is 9.99. The van der Waals surface area contributed by atoms with Gasteiger partial charge < -0.3 is 5.32 Å². The smallest absolute Gasteiger partial charge is 0.0252 e. The van der Waals surface area contributed by atoms with E-state index in [0.717, 1.165) is 6.04 Å². The number of hydrogen-bond acceptors (Lipinski definition) is 1. The number of rotatable bonds is 1. The summed E-state index contributed by atoms with van der Waals surface area (Å²) in [5, 5.41) is 3.53. The van der Waals surface area contributed by atoms with Crippen molar-refractivity contribution in [2.24, 2.45) is 0 Å². The van der Waals surface area contributed by atoms with Gasteiger partial charge in [-0.2, -0.15) is 0 Å². The molecule has 1 aliphatic heterocycles. The molecule has 0 aromatic rings. The predicted molar refractivity (Wildman–Crippen MR) is 52.3 cm³/mol. The van der Waals surface area contributed by atoms with Crippen LogP contribution in [0.5, 0.6) is 0 Å². The molecule has 1 aliphatic rings. The Hall–Kier alpha value is -0.0100. The second-order valence-electron chi connectivity index (χ2n) is 3.13. The summed E-state index contributed by atoms with van der Waals surface area (Å²) in [6.07, 6.45) is 8.43. The monoisotopic (exact) mass is 175 g/mol. The van der Waals surface area contributed by atoms with Crippen molar-refractivity contribution in [3.63, 3.8) is 0 Å². The van der Waals surface area contributed by atoms with E-state index in [9.17, 15) is 0 Å². The largest absolute Gasteiger partial charge is 0.308 e. The average Bonchev–Trinajstić information content (AvgIpc) is 1.88. The minimum atomic E-state index is 0. The van der Waals surface area contributed by atoms with Crippen molar-refractivity contribution in [2.75, 3.05) is 0 Å². The van der Waals surface area contributed by atoms with Crippen LogP contribution in [0.3, 0.4) is 0 Å². The number of nitrogens with one attached hydrogen (secondary N) is 1. The van der Waals surface area contributed by atoms with Crippen molar-refractivity contribution in [3.8, 4) is 0 Å². The van der Waals surface area contributed by atoms with E-state index in [-0.39, 0.29) is 12.4 Å². The van der Waals surface area contributed by atoms with Crippen molar-refractivity contribution >= 4 is 12.4 Å². The maximum Gasteiger partial charge on any atom is 0.0252 e. The average molecular weight is 176 g/mol. The summed E-state index contributed by atoms with van der Waals surface area (Å²) in [6.45, 7) is 4.34. The van der Waals surface area contributed by atoms with Gasteiger partial charge in [-0.3, -0.25) is 0 Å². The van der Waals surface area contributed by atoms with Crippen LogP contribution in [0.2, 0.25) is 0 Å². The quantitative estimate of drug-likeness (QED) is 0.604. The number of piperidine rings is 1. The lowest BCUT2D eigenvalue weighted by molar-refractivity contribution is 0.374. The van der Waals surface area contributed by atoms with Crippen LogP contribution in [0.1, 0.15) is 33.1 Å². The van der Waals surface area contributed by atoms with E-state index in [1.165, 1.54) is 19.3 Å². The third kappa shape index (κ3) is 3.78. The van der Waals surface area contributed by atoms with Gasteiger partial charge in [-0.1, -0.05) is 18.6 Å². The third-order valence-corrected chi connectivity index (χ3v) is 2.08. The molecule has 1 rings (SSSR count). The van der Waals surface area contributed by atoms with E-state index in [1.54, 1.807) is 0 Å². The summed E-state index contributed by atoms with van der Waals surface area (Å²) in [6, 6.07) is 1.36. The Bertz CT molecular complexity index is 123. The molecule has 0 saturated carbocycles. The van der Waals surface area contributed by atoms with Crippen LogP contribution in [-0.4, -0.2) is 12.1 Å². The summed E-state index contributed by atoms with van der Waals surface area (Å²) in [4.78, 5) is 0. The van der Waals surface area contributed by atoms with Crippen molar-refractivity contribution in [1.29, 1.82) is 0 Å². The molecule has 0 aromatic heterocycles. The minimum Gasteiger partial charge on any atom is -0.308 e. The normalized spacial score (nSPS) is 31.8. The maximum atomic E-state index is 3.53. The molecule has 1 fully saturated rings. The molecular formula is C9H18ClN. The molecule has 0 spiro atoms. The van der Waals surface area contributed by atoms with Crippen LogP contribution in [0.25, 0.3) is 0 Å². The molecule has 66 valence electrons. The van der Waals surface area contributed by atoms with Crippen LogP contribution in [-0.2, 0) is 0 Å². The van der Waals surface area contributed by atoms with E-state index in [1.807, 2.05) is 0 Å². The minimum absolute atomic E-state index is 0. The summed E-state index contributed by atoms with van der Waals surface area (Å²) < 4.78 is 0. The standard InChI is InChI=1S/C9H17N.ClH/c1-3-5-9-7-4-6-8(2)10-9;/h3,5,8-10H,4,6-7H2,1-2H3;1H/t8?,9-;/m1./s1. The fourth-order valence-corrected chi connectivity index (χ4v) is 1.56. The number of halogens is 1. The molecule has 1 saturated heterocycles.